The van der Waals surface area contributed by atoms with Crippen LogP contribution in [0.2, 0.25) is 0 Å². The van der Waals surface area contributed by atoms with Crippen molar-refractivity contribution in [2.45, 2.75) is 45.1 Å². The number of ether oxygens (including phenoxy) is 1. The highest BCUT2D eigenvalue weighted by molar-refractivity contribution is 4.70. The van der Waals surface area contributed by atoms with Crippen molar-refractivity contribution < 1.29 is 9.84 Å². The molecule has 1 atom stereocenters. The zero-order chi connectivity index (χ0) is 10.9. The van der Waals surface area contributed by atoms with Crippen molar-refractivity contribution in [3.05, 3.63) is 0 Å². The smallest absolute Gasteiger partial charge is 0.0932 e. The van der Waals surface area contributed by atoms with Crippen molar-refractivity contribution in [2.24, 2.45) is 0 Å². The molecule has 0 saturated carbocycles. The molecule has 0 spiro atoms. The summed E-state index contributed by atoms with van der Waals surface area (Å²) in [4.78, 5) is 2.41. The minimum atomic E-state index is 0.0504. The van der Waals surface area contributed by atoms with Crippen LogP contribution in [0.3, 0.4) is 0 Å². The van der Waals surface area contributed by atoms with Crippen molar-refractivity contribution in [1.82, 2.24) is 4.90 Å². The Hall–Kier alpha value is -0.120. The molecule has 0 radical (unpaired) electrons. The largest absolute Gasteiger partial charge is 0.394 e. The molecular weight excluding hydrogens is 190 g/mol. The van der Waals surface area contributed by atoms with Crippen LogP contribution in [0, 0.1) is 0 Å². The predicted molar refractivity (Wildman–Crippen MR) is 62.0 cm³/mol. The van der Waals surface area contributed by atoms with Crippen molar-refractivity contribution >= 4 is 0 Å². The summed E-state index contributed by atoms with van der Waals surface area (Å²) in [7, 11) is 0. The van der Waals surface area contributed by atoms with E-state index in [0.29, 0.717) is 0 Å². The SMILES string of the molecule is CCCCCCCN1CCOC(CO)C1. The molecule has 0 amide bonds. The normalized spacial score (nSPS) is 23.2. The number of hydrogen-bond donors (Lipinski definition) is 1. The summed E-state index contributed by atoms with van der Waals surface area (Å²) < 4.78 is 5.41. The number of aliphatic hydroxyl groups is 1. The van der Waals surface area contributed by atoms with E-state index < -0.39 is 0 Å². The lowest BCUT2D eigenvalue weighted by molar-refractivity contribution is -0.0529. The molecule has 1 rings (SSSR count). The van der Waals surface area contributed by atoms with E-state index >= 15 is 0 Å². The molecule has 90 valence electrons. The van der Waals surface area contributed by atoms with Gasteiger partial charge in [-0.1, -0.05) is 32.6 Å². The van der Waals surface area contributed by atoms with Crippen LogP contribution in [-0.4, -0.2) is 49.0 Å². The van der Waals surface area contributed by atoms with E-state index in [-0.39, 0.29) is 12.7 Å². The lowest BCUT2D eigenvalue weighted by Gasteiger charge is -2.31. The summed E-state index contributed by atoms with van der Waals surface area (Å²) in [6, 6.07) is 0. The van der Waals surface area contributed by atoms with Crippen LogP contribution >= 0.6 is 0 Å². The molecule has 1 aliphatic rings. The summed E-state index contributed by atoms with van der Waals surface area (Å²) in [5, 5.41) is 9.00. The van der Waals surface area contributed by atoms with Gasteiger partial charge in [0.15, 0.2) is 0 Å². The molecule has 1 fully saturated rings. The molecular formula is C12H25NO2. The van der Waals surface area contributed by atoms with E-state index in [1.54, 1.807) is 0 Å². The van der Waals surface area contributed by atoms with Gasteiger partial charge in [0.1, 0.15) is 0 Å². The van der Waals surface area contributed by atoms with Crippen molar-refractivity contribution in [2.75, 3.05) is 32.8 Å². The number of nitrogens with zero attached hydrogens (tertiary/aromatic N) is 1. The highest BCUT2D eigenvalue weighted by Crippen LogP contribution is 2.08. The van der Waals surface area contributed by atoms with Crippen LogP contribution in [0.1, 0.15) is 39.0 Å². The van der Waals surface area contributed by atoms with Gasteiger partial charge in [-0.2, -0.15) is 0 Å². The standard InChI is InChI=1S/C12H25NO2/c1-2-3-4-5-6-7-13-8-9-15-12(10-13)11-14/h12,14H,2-11H2,1H3. The summed E-state index contributed by atoms with van der Waals surface area (Å²) in [6.07, 6.45) is 6.72. The molecule has 1 heterocycles. The Bertz CT molecular complexity index is 153. The van der Waals surface area contributed by atoms with Gasteiger partial charge in [0, 0.05) is 13.1 Å². The highest BCUT2D eigenvalue weighted by Gasteiger charge is 2.18. The van der Waals surface area contributed by atoms with Crippen LogP contribution in [0.4, 0.5) is 0 Å². The average Bonchev–Trinajstić information content (AvgIpc) is 2.29. The minimum Gasteiger partial charge on any atom is -0.394 e. The van der Waals surface area contributed by atoms with E-state index in [0.717, 1.165) is 19.7 Å². The van der Waals surface area contributed by atoms with Gasteiger partial charge in [0.25, 0.3) is 0 Å². The van der Waals surface area contributed by atoms with Gasteiger partial charge in [-0.25, -0.2) is 0 Å². The monoisotopic (exact) mass is 215 g/mol. The number of hydrogen-bond acceptors (Lipinski definition) is 3. The second-order valence-electron chi connectivity index (χ2n) is 4.39. The Morgan fingerprint density at radius 3 is 2.80 bits per heavy atom. The maximum atomic E-state index is 9.00. The van der Waals surface area contributed by atoms with Gasteiger partial charge in [0.05, 0.1) is 19.3 Å². The first kappa shape index (κ1) is 12.9. The fraction of sp³-hybridized carbons (Fsp3) is 1.00. The van der Waals surface area contributed by atoms with Gasteiger partial charge >= 0.3 is 0 Å². The molecule has 0 aromatic rings. The minimum absolute atomic E-state index is 0.0504. The molecule has 0 aliphatic carbocycles. The van der Waals surface area contributed by atoms with Gasteiger partial charge in [0.2, 0.25) is 0 Å². The number of rotatable bonds is 7. The molecule has 0 bridgehead atoms. The Kier molecular flexibility index (Phi) is 6.98. The molecule has 1 unspecified atom stereocenters. The Morgan fingerprint density at radius 2 is 2.07 bits per heavy atom. The number of aliphatic hydroxyl groups excluding tert-OH is 1. The summed E-state index contributed by atoms with van der Waals surface area (Å²) in [6.45, 7) is 6.29. The Morgan fingerprint density at radius 1 is 1.27 bits per heavy atom. The Labute approximate surface area is 93.4 Å². The summed E-state index contributed by atoms with van der Waals surface area (Å²) >= 11 is 0. The topological polar surface area (TPSA) is 32.7 Å². The third-order valence-electron chi connectivity index (χ3n) is 3.00. The maximum Gasteiger partial charge on any atom is 0.0932 e. The molecule has 3 nitrogen and oxygen atoms in total. The van der Waals surface area contributed by atoms with E-state index in [1.165, 1.54) is 38.6 Å². The summed E-state index contributed by atoms with van der Waals surface area (Å²) in [5.41, 5.74) is 0. The molecule has 0 aromatic carbocycles. The van der Waals surface area contributed by atoms with Gasteiger partial charge in [-0.3, -0.25) is 4.90 Å². The van der Waals surface area contributed by atoms with Crippen LogP contribution in [0.25, 0.3) is 0 Å². The van der Waals surface area contributed by atoms with E-state index in [1.807, 2.05) is 0 Å². The van der Waals surface area contributed by atoms with Gasteiger partial charge in [-0.15, -0.1) is 0 Å². The van der Waals surface area contributed by atoms with Crippen LogP contribution in [0.15, 0.2) is 0 Å². The van der Waals surface area contributed by atoms with Crippen molar-refractivity contribution in [3.8, 4) is 0 Å². The molecule has 15 heavy (non-hydrogen) atoms. The number of unbranched alkanes of at least 4 members (excludes halogenated alkanes) is 4. The lowest BCUT2D eigenvalue weighted by atomic mass is 10.1. The first-order valence-electron chi connectivity index (χ1n) is 6.31. The third kappa shape index (κ3) is 5.50. The van der Waals surface area contributed by atoms with Crippen molar-refractivity contribution in [1.29, 1.82) is 0 Å². The van der Waals surface area contributed by atoms with Gasteiger partial charge in [-0.05, 0) is 13.0 Å². The third-order valence-corrected chi connectivity index (χ3v) is 3.00. The maximum absolute atomic E-state index is 9.00. The second kappa shape index (κ2) is 8.08. The van der Waals surface area contributed by atoms with Crippen molar-refractivity contribution in [3.63, 3.8) is 0 Å². The number of morpholine rings is 1. The molecule has 1 saturated heterocycles. The quantitative estimate of drug-likeness (QED) is 0.655. The molecule has 3 heteroatoms. The highest BCUT2D eigenvalue weighted by atomic mass is 16.5. The fourth-order valence-corrected chi connectivity index (χ4v) is 2.03. The zero-order valence-electron chi connectivity index (χ0n) is 9.95. The van der Waals surface area contributed by atoms with E-state index in [9.17, 15) is 0 Å². The lowest BCUT2D eigenvalue weighted by Crippen LogP contribution is -2.44. The molecule has 1 aliphatic heterocycles. The van der Waals surface area contributed by atoms with Crippen LogP contribution in [-0.2, 0) is 4.74 Å². The summed E-state index contributed by atoms with van der Waals surface area (Å²) in [5.74, 6) is 0. The average molecular weight is 215 g/mol. The molecule has 0 aromatic heterocycles. The van der Waals surface area contributed by atoms with E-state index in [2.05, 4.69) is 11.8 Å². The fourth-order valence-electron chi connectivity index (χ4n) is 2.03. The first-order valence-corrected chi connectivity index (χ1v) is 6.31. The van der Waals surface area contributed by atoms with Crippen LogP contribution in [0.5, 0.6) is 0 Å². The van der Waals surface area contributed by atoms with Gasteiger partial charge < -0.3 is 9.84 Å². The first-order chi connectivity index (χ1) is 7.36. The Balaban J connectivity index is 2.00. The predicted octanol–water partition coefficient (Wildman–Crippen LogP) is 1.65. The second-order valence-corrected chi connectivity index (χ2v) is 4.39. The zero-order valence-corrected chi connectivity index (χ0v) is 9.95. The molecule has 1 N–H and O–H groups in total. The van der Waals surface area contributed by atoms with E-state index in [4.69, 9.17) is 9.84 Å². The van der Waals surface area contributed by atoms with Crippen LogP contribution < -0.4 is 0 Å².